The molecular weight excluding hydrogens is 316 g/mol. The molecule has 1 atom stereocenters. The summed E-state index contributed by atoms with van der Waals surface area (Å²) >= 11 is 0. The van der Waals surface area contributed by atoms with E-state index in [4.69, 9.17) is 4.74 Å². The van der Waals surface area contributed by atoms with Crippen LogP contribution >= 0.6 is 0 Å². The van der Waals surface area contributed by atoms with Gasteiger partial charge in [-0.3, -0.25) is 9.79 Å². The highest BCUT2D eigenvalue weighted by atomic mass is 16.5. The van der Waals surface area contributed by atoms with E-state index in [-0.39, 0.29) is 17.9 Å². The van der Waals surface area contributed by atoms with Crippen molar-refractivity contribution in [1.29, 1.82) is 0 Å². The van der Waals surface area contributed by atoms with Crippen LogP contribution < -0.4 is 15.4 Å². The normalized spacial score (nSPS) is 17.7. The Bertz CT molecular complexity index is 601. The number of aliphatic imine (C=N–C) groups is 1. The molecule has 1 unspecified atom stereocenters. The molecule has 1 aromatic carbocycles. The largest absolute Gasteiger partial charge is 0.494 e. The van der Waals surface area contributed by atoms with E-state index in [9.17, 15) is 4.79 Å². The molecule has 1 saturated heterocycles. The summed E-state index contributed by atoms with van der Waals surface area (Å²) in [6, 6.07) is 8.23. The molecule has 6 nitrogen and oxygen atoms in total. The molecule has 1 aliphatic heterocycles. The van der Waals surface area contributed by atoms with Gasteiger partial charge in [-0.25, -0.2) is 0 Å². The van der Waals surface area contributed by atoms with Crippen LogP contribution in [0, 0.1) is 5.92 Å². The molecule has 1 fully saturated rings. The van der Waals surface area contributed by atoms with Gasteiger partial charge in [0, 0.05) is 44.2 Å². The van der Waals surface area contributed by atoms with Crippen LogP contribution in [0.2, 0.25) is 0 Å². The lowest BCUT2D eigenvalue weighted by Crippen LogP contribution is -2.45. The van der Waals surface area contributed by atoms with E-state index in [0.29, 0.717) is 13.2 Å². The number of rotatable bonds is 6. The van der Waals surface area contributed by atoms with Crippen LogP contribution in [-0.4, -0.2) is 49.6 Å². The minimum absolute atomic E-state index is 0.0475. The fourth-order valence-corrected chi connectivity index (χ4v) is 2.96. The van der Waals surface area contributed by atoms with Gasteiger partial charge < -0.3 is 20.3 Å². The summed E-state index contributed by atoms with van der Waals surface area (Å²) in [5, 5.41) is 6.75. The Hall–Kier alpha value is -2.24. The Morgan fingerprint density at radius 3 is 2.84 bits per heavy atom. The third kappa shape index (κ3) is 5.37. The minimum atomic E-state index is 0.0475. The standard InChI is InChI=1S/C19H30N4O2/c1-5-25-17-9-7-6-8-15(17)12-21-19(20-4)22-16-10-11-23(13-16)18(24)14(2)3/h6-9,14,16H,5,10-13H2,1-4H3,(H2,20,21,22). The van der Waals surface area contributed by atoms with E-state index < -0.39 is 0 Å². The molecule has 1 aliphatic rings. The number of hydrogen-bond donors (Lipinski definition) is 2. The van der Waals surface area contributed by atoms with Crippen molar-refractivity contribution >= 4 is 11.9 Å². The number of carbonyl (C=O) groups is 1. The molecule has 0 aromatic heterocycles. The maximum atomic E-state index is 12.1. The number of nitrogens with one attached hydrogen (secondary N) is 2. The van der Waals surface area contributed by atoms with Crippen LogP contribution in [-0.2, 0) is 11.3 Å². The lowest BCUT2D eigenvalue weighted by Gasteiger charge is -2.20. The monoisotopic (exact) mass is 346 g/mol. The number of hydrogen-bond acceptors (Lipinski definition) is 3. The highest BCUT2D eigenvalue weighted by molar-refractivity contribution is 5.81. The van der Waals surface area contributed by atoms with Gasteiger partial charge in [-0.1, -0.05) is 32.0 Å². The molecule has 1 heterocycles. The predicted octanol–water partition coefficient (Wildman–Crippen LogP) is 2.01. The number of guanidine groups is 1. The zero-order valence-corrected chi connectivity index (χ0v) is 15.7. The van der Waals surface area contributed by atoms with E-state index >= 15 is 0 Å². The number of ether oxygens (including phenoxy) is 1. The van der Waals surface area contributed by atoms with Crippen molar-refractivity contribution in [1.82, 2.24) is 15.5 Å². The Labute approximate surface area is 150 Å². The van der Waals surface area contributed by atoms with Crippen molar-refractivity contribution < 1.29 is 9.53 Å². The van der Waals surface area contributed by atoms with Gasteiger partial charge in [0.1, 0.15) is 5.75 Å². The predicted molar refractivity (Wildman–Crippen MR) is 101 cm³/mol. The number of nitrogens with zero attached hydrogens (tertiary/aromatic N) is 2. The van der Waals surface area contributed by atoms with Crippen molar-refractivity contribution in [3.05, 3.63) is 29.8 Å². The summed E-state index contributed by atoms with van der Waals surface area (Å²) in [4.78, 5) is 18.3. The molecule has 138 valence electrons. The van der Waals surface area contributed by atoms with Gasteiger partial charge >= 0.3 is 0 Å². The maximum absolute atomic E-state index is 12.1. The zero-order valence-electron chi connectivity index (χ0n) is 15.7. The topological polar surface area (TPSA) is 66.0 Å². The first-order valence-corrected chi connectivity index (χ1v) is 9.01. The first kappa shape index (κ1) is 19.1. The summed E-state index contributed by atoms with van der Waals surface area (Å²) in [5.74, 6) is 1.90. The number of amides is 1. The second-order valence-corrected chi connectivity index (χ2v) is 6.54. The van der Waals surface area contributed by atoms with E-state index in [1.807, 2.05) is 49.9 Å². The SMILES string of the molecule is CCOc1ccccc1CNC(=NC)NC1CCN(C(=O)C(C)C)C1. The maximum Gasteiger partial charge on any atom is 0.225 e. The third-order valence-electron chi connectivity index (χ3n) is 4.28. The lowest BCUT2D eigenvalue weighted by atomic mass is 10.2. The number of para-hydroxylation sites is 1. The van der Waals surface area contributed by atoms with E-state index in [2.05, 4.69) is 15.6 Å². The average Bonchev–Trinajstić information content (AvgIpc) is 3.07. The number of benzene rings is 1. The Morgan fingerprint density at radius 1 is 1.40 bits per heavy atom. The molecule has 0 aliphatic carbocycles. The third-order valence-corrected chi connectivity index (χ3v) is 4.28. The summed E-state index contributed by atoms with van der Waals surface area (Å²) in [6.45, 7) is 8.68. The molecule has 1 aromatic rings. The molecule has 6 heteroatoms. The smallest absolute Gasteiger partial charge is 0.225 e. The van der Waals surface area contributed by atoms with Crippen molar-refractivity contribution in [2.24, 2.45) is 10.9 Å². The van der Waals surface area contributed by atoms with Gasteiger partial charge in [0.05, 0.1) is 6.61 Å². The minimum Gasteiger partial charge on any atom is -0.494 e. The van der Waals surface area contributed by atoms with Gasteiger partial charge in [0.15, 0.2) is 5.96 Å². The average molecular weight is 346 g/mol. The molecular formula is C19H30N4O2. The molecule has 0 saturated carbocycles. The van der Waals surface area contributed by atoms with Crippen LogP contribution in [0.15, 0.2) is 29.3 Å². The molecule has 0 radical (unpaired) electrons. The van der Waals surface area contributed by atoms with E-state index in [0.717, 1.165) is 36.8 Å². The van der Waals surface area contributed by atoms with Gasteiger partial charge in [0.25, 0.3) is 0 Å². The number of likely N-dealkylation sites (tertiary alicyclic amines) is 1. The molecule has 1 amide bonds. The van der Waals surface area contributed by atoms with Crippen molar-refractivity contribution in [2.75, 3.05) is 26.7 Å². The zero-order chi connectivity index (χ0) is 18.2. The van der Waals surface area contributed by atoms with E-state index in [1.54, 1.807) is 7.05 Å². The summed E-state index contributed by atoms with van der Waals surface area (Å²) in [7, 11) is 1.76. The molecule has 2 N–H and O–H groups in total. The summed E-state index contributed by atoms with van der Waals surface area (Å²) in [6.07, 6.45) is 0.939. The highest BCUT2D eigenvalue weighted by Gasteiger charge is 2.27. The Balaban J connectivity index is 1.87. The second kappa shape index (κ2) is 9.30. The van der Waals surface area contributed by atoms with Crippen molar-refractivity contribution in [3.63, 3.8) is 0 Å². The second-order valence-electron chi connectivity index (χ2n) is 6.54. The highest BCUT2D eigenvalue weighted by Crippen LogP contribution is 2.17. The Morgan fingerprint density at radius 2 is 2.16 bits per heavy atom. The van der Waals surface area contributed by atoms with Gasteiger partial charge in [-0.15, -0.1) is 0 Å². The van der Waals surface area contributed by atoms with Crippen LogP contribution in [0.4, 0.5) is 0 Å². The molecule has 0 spiro atoms. The quantitative estimate of drug-likeness (QED) is 0.611. The van der Waals surface area contributed by atoms with Gasteiger partial charge in [0.2, 0.25) is 5.91 Å². The summed E-state index contributed by atoms with van der Waals surface area (Å²) in [5.41, 5.74) is 1.09. The first-order valence-electron chi connectivity index (χ1n) is 9.01. The van der Waals surface area contributed by atoms with Crippen LogP contribution in [0.3, 0.4) is 0 Å². The molecule has 0 bridgehead atoms. The Kier molecular flexibility index (Phi) is 7.10. The fraction of sp³-hybridized carbons (Fsp3) is 0.579. The number of carbonyl (C=O) groups excluding carboxylic acids is 1. The van der Waals surface area contributed by atoms with Crippen LogP contribution in [0.1, 0.15) is 32.8 Å². The van der Waals surface area contributed by atoms with Gasteiger partial charge in [-0.2, -0.15) is 0 Å². The fourth-order valence-electron chi connectivity index (χ4n) is 2.96. The van der Waals surface area contributed by atoms with E-state index in [1.165, 1.54) is 0 Å². The van der Waals surface area contributed by atoms with Crippen LogP contribution in [0.25, 0.3) is 0 Å². The molecule has 2 rings (SSSR count). The lowest BCUT2D eigenvalue weighted by molar-refractivity contribution is -0.133. The first-order chi connectivity index (χ1) is 12.0. The van der Waals surface area contributed by atoms with Crippen LogP contribution in [0.5, 0.6) is 5.75 Å². The van der Waals surface area contributed by atoms with Gasteiger partial charge in [-0.05, 0) is 19.4 Å². The summed E-state index contributed by atoms with van der Waals surface area (Å²) < 4.78 is 5.65. The van der Waals surface area contributed by atoms with Crippen molar-refractivity contribution in [2.45, 2.75) is 39.8 Å². The van der Waals surface area contributed by atoms with Crippen molar-refractivity contribution in [3.8, 4) is 5.75 Å². The molecule has 25 heavy (non-hydrogen) atoms.